The number of likely N-dealkylation sites (N-methyl/N-ethyl adjacent to an activating group) is 1. The van der Waals surface area contributed by atoms with Gasteiger partial charge in [0.05, 0.1) is 0 Å². The highest BCUT2D eigenvalue weighted by molar-refractivity contribution is 6.30. The molecule has 3 nitrogen and oxygen atoms in total. The van der Waals surface area contributed by atoms with Gasteiger partial charge in [-0.05, 0) is 49.8 Å². The number of benzene rings is 1. The van der Waals surface area contributed by atoms with Gasteiger partial charge in [0, 0.05) is 37.4 Å². The molecular formula is C18H24ClNO2. The Balaban J connectivity index is 1.83. The predicted octanol–water partition coefficient (Wildman–Crippen LogP) is 3.88. The second-order valence-electron chi connectivity index (χ2n) is 6.37. The lowest BCUT2D eigenvalue weighted by atomic mass is 9.86. The molecule has 1 saturated carbocycles. The van der Waals surface area contributed by atoms with Gasteiger partial charge in [0.2, 0.25) is 5.91 Å². The van der Waals surface area contributed by atoms with Gasteiger partial charge in [-0.3, -0.25) is 9.59 Å². The first-order valence-electron chi connectivity index (χ1n) is 7.97. The van der Waals surface area contributed by atoms with E-state index in [1.54, 1.807) is 0 Å². The summed E-state index contributed by atoms with van der Waals surface area (Å²) in [6.45, 7) is 2.07. The maximum atomic E-state index is 12.4. The van der Waals surface area contributed by atoms with Crippen LogP contribution in [0.5, 0.6) is 0 Å². The lowest BCUT2D eigenvalue weighted by molar-refractivity contribution is -0.133. The van der Waals surface area contributed by atoms with Gasteiger partial charge in [-0.25, -0.2) is 0 Å². The van der Waals surface area contributed by atoms with E-state index in [1.165, 1.54) is 5.56 Å². The highest BCUT2D eigenvalue weighted by atomic mass is 35.5. The molecule has 1 fully saturated rings. The maximum Gasteiger partial charge on any atom is 0.222 e. The predicted molar refractivity (Wildman–Crippen MR) is 89.0 cm³/mol. The number of carbonyl (C=O) groups is 2. The summed E-state index contributed by atoms with van der Waals surface area (Å²) in [6.07, 6.45) is 4.40. The van der Waals surface area contributed by atoms with Crippen LogP contribution in [0.15, 0.2) is 24.3 Å². The molecule has 1 aliphatic carbocycles. The van der Waals surface area contributed by atoms with Crippen LogP contribution in [0.4, 0.5) is 0 Å². The van der Waals surface area contributed by atoms with Crippen molar-refractivity contribution in [3.05, 3.63) is 34.9 Å². The molecule has 2 rings (SSSR count). The molecule has 1 amide bonds. The van der Waals surface area contributed by atoms with E-state index in [9.17, 15) is 9.59 Å². The molecule has 0 saturated heterocycles. The molecule has 1 aliphatic rings. The van der Waals surface area contributed by atoms with Crippen LogP contribution < -0.4 is 0 Å². The van der Waals surface area contributed by atoms with Crippen LogP contribution in [-0.4, -0.2) is 29.7 Å². The minimum absolute atomic E-state index is 0.152. The Kier molecular flexibility index (Phi) is 6.01. The van der Waals surface area contributed by atoms with Gasteiger partial charge >= 0.3 is 0 Å². The summed E-state index contributed by atoms with van der Waals surface area (Å²) < 4.78 is 0. The topological polar surface area (TPSA) is 37.4 Å². The Morgan fingerprint density at radius 1 is 1.27 bits per heavy atom. The summed E-state index contributed by atoms with van der Waals surface area (Å²) in [5.41, 5.74) is 1.18. The van der Waals surface area contributed by atoms with Crippen LogP contribution in [0.25, 0.3) is 0 Å². The highest BCUT2D eigenvalue weighted by Gasteiger charge is 2.24. The average molecular weight is 322 g/mol. The number of nitrogens with zero attached hydrogens (tertiary/aromatic N) is 1. The quantitative estimate of drug-likeness (QED) is 0.825. The molecular weight excluding hydrogens is 298 g/mol. The van der Waals surface area contributed by atoms with Crippen molar-refractivity contribution >= 4 is 23.3 Å². The minimum Gasteiger partial charge on any atom is -0.343 e. The molecule has 1 aromatic carbocycles. The van der Waals surface area contributed by atoms with Gasteiger partial charge < -0.3 is 4.90 Å². The maximum absolute atomic E-state index is 12.4. The van der Waals surface area contributed by atoms with E-state index in [0.29, 0.717) is 31.0 Å². The van der Waals surface area contributed by atoms with E-state index in [4.69, 9.17) is 11.6 Å². The Labute approximate surface area is 137 Å². The van der Waals surface area contributed by atoms with E-state index in [2.05, 4.69) is 6.92 Å². The van der Waals surface area contributed by atoms with Crippen LogP contribution in [0.1, 0.15) is 44.6 Å². The van der Waals surface area contributed by atoms with Crippen molar-refractivity contribution < 1.29 is 9.59 Å². The molecule has 120 valence electrons. The number of Topliss-reactive ketones (excluding diaryl/α,β-unsaturated/α-hetero) is 1. The van der Waals surface area contributed by atoms with Gasteiger partial charge in [-0.2, -0.15) is 0 Å². The minimum atomic E-state index is 0.152. The highest BCUT2D eigenvalue weighted by Crippen LogP contribution is 2.25. The first-order chi connectivity index (χ1) is 10.5. The van der Waals surface area contributed by atoms with Gasteiger partial charge in [-0.15, -0.1) is 0 Å². The number of carbonyl (C=O) groups excluding carboxylic acids is 2. The van der Waals surface area contributed by atoms with Crippen molar-refractivity contribution in [2.75, 3.05) is 7.05 Å². The average Bonchev–Trinajstić information content (AvgIpc) is 2.51. The van der Waals surface area contributed by atoms with Crippen molar-refractivity contribution in [3.8, 4) is 0 Å². The van der Waals surface area contributed by atoms with Gasteiger partial charge in [0.1, 0.15) is 5.78 Å². The van der Waals surface area contributed by atoms with Crippen LogP contribution in [0.2, 0.25) is 5.02 Å². The number of hydrogen-bond acceptors (Lipinski definition) is 2. The third-order valence-electron chi connectivity index (χ3n) is 4.63. The second-order valence-corrected chi connectivity index (χ2v) is 6.81. The van der Waals surface area contributed by atoms with E-state index in [-0.39, 0.29) is 11.9 Å². The van der Waals surface area contributed by atoms with Crippen molar-refractivity contribution in [2.45, 2.75) is 51.5 Å². The molecule has 0 heterocycles. The van der Waals surface area contributed by atoms with Gasteiger partial charge in [-0.1, -0.05) is 23.7 Å². The Bertz CT molecular complexity index is 516. The summed E-state index contributed by atoms with van der Waals surface area (Å²) in [4.78, 5) is 25.5. The van der Waals surface area contributed by atoms with Crippen molar-refractivity contribution in [1.82, 2.24) is 4.90 Å². The SMILES string of the molecule is C[C@@H](Cc1ccc(Cl)cc1)N(C)C(=O)CC1CCC(=O)CC1. The number of hydrogen-bond donors (Lipinski definition) is 0. The van der Waals surface area contributed by atoms with E-state index in [0.717, 1.165) is 24.3 Å². The van der Waals surface area contributed by atoms with Crippen molar-refractivity contribution in [1.29, 1.82) is 0 Å². The first kappa shape index (κ1) is 17.0. The van der Waals surface area contributed by atoms with Crippen molar-refractivity contribution in [2.24, 2.45) is 5.92 Å². The third kappa shape index (κ3) is 4.84. The summed E-state index contributed by atoms with van der Waals surface area (Å²) in [5, 5.41) is 0.729. The number of ketones is 1. The third-order valence-corrected chi connectivity index (χ3v) is 4.88. The normalized spacial score (nSPS) is 17.3. The fourth-order valence-corrected chi connectivity index (χ4v) is 3.06. The molecule has 1 aromatic rings. The standard InChI is InChI=1S/C18H24ClNO2/c1-13(11-14-3-7-16(19)8-4-14)20(2)18(22)12-15-5-9-17(21)10-6-15/h3-4,7-8,13,15H,5-6,9-12H2,1-2H3/t13-/m0/s1. The summed E-state index contributed by atoms with van der Waals surface area (Å²) in [7, 11) is 1.87. The Hall–Kier alpha value is -1.35. The summed E-state index contributed by atoms with van der Waals surface area (Å²) in [6, 6.07) is 7.92. The number of rotatable bonds is 5. The largest absolute Gasteiger partial charge is 0.343 e. The summed E-state index contributed by atoms with van der Waals surface area (Å²) in [5.74, 6) is 0.893. The zero-order valence-corrected chi connectivity index (χ0v) is 14.1. The molecule has 0 radical (unpaired) electrons. The van der Waals surface area contributed by atoms with Crippen LogP contribution >= 0.6 is 11.6 Å². The van der Waals surface area contributed by atoms with Crippen molar-refractivity contribution in [3.63, 3.8) is 0 Å². The monoisotopic (exact) mass is 321 g/mol. The molecule has 0 bridgehead atoms. The molecule has 22 heavy (non-hydrogen) atoms. The fraction of sp³-hybridized carbons (Fsp3) is 0.556. The van der Waals surface area contributed by atoms with Crippen LogP contribution in [0.3, 0.4) is 0 Å². The molecule has 1 atom stereocenters. The zero-order valence-electron chi connectivity index (χ0n) is 13.3. The Morgan fingerprint density at radius 2 is 1.86 bits per heavy atom. The van der Waals surface area contributed by atoms with Gasteiger partial charge in [0.15, 0.2) is 0 Å². The molecule has 4 heteroatoms. The zero-order chi connectivity index (χ0) is 16.1. The van der Waals surface area contributed by atoms with Gasteiger partial charge in [0.25, 0.3) is 0 Å². The molecule has 0 aromatic heterocycles. The van der Waals surface area contributed by atoms with Crippen LogP contribution in [0, 0.1) is 5.92 Å². The van der Waals surface area contributed by atoms with E-state index >= 15 is 0 Å². The molecule has 0 aliphatic heterocycles. The lowest BCUT2D eigenvalue weighted by Gasteiger charge is -2.28. The van der Waals surface area contributed by atoms with E-state index < -0.39 is 0 Å². The smallest absolute Gasteiger partial charge is 0.222 e. The lowest BCUT2D eigenvalue weighted by Crippen LogP contribution is -2.37. The molecule has 0 unspecified atom stereocenters. The second kappa shape index (κ2) is 7.77. The number of halogens is 1. The molecule has 0 N–H and O–H groups in total. The van der Waals surface area contributed by atoms with Crippen LogP contribution in [-0.2, 0) is 16.0 Å². The fourth-order valence-electron chi connectivity index (χ4n) is 2.94. The number of amides is 1. The van der Waals surface area contributed by atoms with E-state index in [1.807, 2.05) is 36.2 Å². The molecule has 0 spiro atoms. The first-order valence-corrected chi connectivity index (χ1v) is 8.35. The summed E-state index contributed by atoms with van der Waals surface area (Å²) >= 11 is 5.89. The Morgan fingerprint density at radius 3 is 2.45 bits per heavy atom.